The molecule has 0 aliphatic carbocycles. The molecule has 0 bridgehead atoms. The fraction of sp³-hybridized carbons (Fsp3) is 0.333. The number of ether oxygens (including phenoxy) is 1. The molecule has 6 nitrogen and oxygen atoms in total. The largest absolute Gasteiger partial charge is 0.378 e. The van der Waals surface area contributed by atoms with Gasteiger partial charge in [-0.2, -0.15) is 0 Å². The first kappa shape index (κ1) is 22.2. The zero-order valence-corrected chi connectivity index (χ0v) is 19.4. The van der Waals surface area contributed by atoms with Crippen LogP contribution >= 0.6 is 11.3 Å². The number of hydrogen-bond acceptors (Lipinski definition) is 7. The molecular formula is C24H26FN5OS. The minimum atomic E-state index is -0.548. The minimum absolute atomic E-state index is 0.330. The second-order valence-corrected chi connectivity index (χ2v) is 8.92. The summed E-state index contributed by atoms with van der Waals surface area (Å²) in [5, 5.41) is 1.68. The van der Waals surface area contributed by atoms with Gasteiger partial charge in [-0.05, 0) is 32.4 Å². The Morgan fingerprint density at radius 2 is 2.03 bits per heavy atom. The van der Waals surface area contributed by atoms with Gasteiger partial charge < -0.3 is 9.64 Å². The molecule has 0 atom stereocenters. The topological polar surface area (TPSA) is 64.0 Å². The van der Waals surface area contributed by atoms with Gasteiger partial charge in [-0.25, -0.2) is 24.3 Å². The second kappa shape index (κ2) is 9.67. The van der Waals surface area contributed by atoms with Gasteiger partial charge in [0.15, 0.2) is 0 Å². The van der Waals surface area contributed by atoms with E-state index in [0.717, 1.165) is 35.2 Å². The van der Waals surface area contributed by atoms with E-state index in [0.29, 0.717) is 41.8 Å². The van der Waals surface area contributed by atoms with Crippen LogP contribution in [0.15, 0.2) is 48.7 Å². The molecule has 0 saturated carbocycles. The molecular weight excluding hydrogens is 425 g/mol. The fourth-order valence-electron chi connectivity index (χ4n) is 3.61. The molecule has 0 spiro atoms. The third-order valence-electron chi connectivity index (χ3n) is 5.52. The van der Waals surface area contributed by atoms with Crippen LogP contribution in [0.1, 0.15) is 28.2 Å². The van der Waals surface area contributed by atoms with Crippen molar-refractivity contribution in [3.8, 4) is 0 Å². The Kier molecular flexibility index (Phi) is 6.72. The maximum Gasteiger partial charge on any atom is 0.130 e. The molecule has 0 N–H and O–H groups in total. The average molecular weight is 452 g/mol. The van der Waals surface area contributed by atoms with Gasteiger partial charge in [-0.3, -0.25) is 0 Å². The summed E-state index contributed by atoms with van der Waals surface area (Å²) in [5.41, 5.74) is 3.50. The maximum absolute atomic E-state index is 14.6. The van der Waals surface area contributed by atoms with Crippen LogP contribution in [-0.2, 0) is 11.2 Å². The number of aromatic nitrogens is 4. The second-order valence-electron chi connectivity index (χ2n) is 7.63. The molecule has 3 aromatic rings. The van der Waals surface area contributed by atoms with Crippen molar-refractivity contribution in [2.45, 2.75) is 27.2 Å². The highest BCUT2D eigenvalue weighted by Gasteiger charge is 2.17. The van der Waals surface area contributed by atoms with Crippen molar-refractivity contribution in [1.82, 2.24) is 19.9 Å². The number of anilines is 1. The molecule has 166 valence electrons. The molecule has 1 fully saturated rings. The number of thiazole rings is 1. The summed E-state index contributed by atoms with van der Waals surface area (Å²) in [7, 11) is 0. The lowest BCUT2D eigenvalue weighted by Crippen LogP contribution is -2.36. The summed E-state index contributed by atoms with van der Waals surface area (Å²) in [6.07, 6.45) is 7.56. The summed E-state index contributed by atoms with van der Waals surface area (Å²) in [5.74, 6) is 0.284. The first-order valence-corrected chi connectivity index (χ1v) is 11.4. The number of nitrogens with zero attached hydrogens (tertiary/aromatic N) is 5. The number of hydrogen-bond donors (Lipinski definition) is 0. The van der Waals surface area contributed by atoms with Gasteiger partial charge in [0.05, 0.1) is 35.1 Å². The highest BCUT2D eigenvalue weighted by Crippen LogP contribution is 2.30. The zero-order valence-electron chi connectivity index (χ0n) is 18.6. The number of allylic oxidation sites excluding steroid dienone is 5. The third-order valence-corrected chi connectivity index (χ3v) is 6.59. The van der Waals surface area contributed by atoms with Crippen LogP contribution in [-0.4, -0.2) is 46.2 Å². The van der Waals surface area contributed by atoms with E-state index in [4.69, 9.17) is 4.74 Å². The number of pyridine rings is 1. The summed E-state index contributed by atoms with van der Waals surface area (Å²) in [6.45, 7) is 12.5. The van der Waals surface area contributed by atoms with Gasteiger partial charge in [-0.1, -0.05) is 12.7 Å². The van der Waals surface area contributed by atoms with Gasteiger partial charge in [0.1, 0.15) is 18.0 Å². The molecule has 1 aliphatic rings. The van der Waals surface area contributed by atoms with Crippen LogP contribution in [0.25, 0.3) is 16.5 Å². The molecule has 0 amide bonds. The van der Waals surface area contributed by atoms with Crippen molar-refractivity contribution >= 4 is 33.6 Å². The molecule has 32 heavy (non-hydrogen) atoms. The lowest BCUT2D eigenvalue weighted by Gasteiger charge is -2.27. The molecule has 0 unspecified atom stereocenters. The van der Waals surface area contributed by atoms with Crippen LogP contribution < -0.4 is 4.90 Å². The minimum Gasteiger partial charge on any atom is -0.378 e. The van der Waals surface area contributed by atoms with Crippen molar-refractivity contribution in [3.63, 3.8) is 0 Å². The third kappa shape index (κ3) is 4.76. The highest BCUT2D eigenvalue weighted by atomic mass is 32.1. The molecule has 1 aliphatic heterocycles. The number of rotatable bonds is 6. The molecule has 1 saturated heterocycles. The van der Waals surface area contributed by atoms with Crippen LogP contribution in [0.4, 0.5) is 10.2 Å². The molecule has 3 aromatic heterocycles. The van der Waals surface area contributed by atoms with E-state index in [1.54, 1.807) is 23.6 Å². The van der Waals surface area contributed by atoms with Crippen molar-refractivity contribution in [2.24, 2.45) is 0 Å². The van der Waals surface area contributed by atoms with E-state index in [9.17, 15) is 4.39 Å². The summed E-state index contributed by atoms with van der Waals surface area (Å²) < 4.78 is 20.1. The molecule has 8 heteroatoms. The van der Waals surface area contributed by atoms with Crippen LogP contribution in [0, 0.1) is 13.8 Å². The Morgan fingerprint density at radius 1 is 1.25 bits per heavy atom. The van der Waals surface area contributed by atoms with Crippen LogP contribution in [0.5, 0.6) is 0 Å². The Labute approximate surface area is 191 Å². The number of halogens is 1. The van der Waals surface area contributed by atoms with Crippen molar-refractivity contribution in [3.05, 3.63) is 70.0 Å². The Morgan fingerprint density at radius 3 is 2.69 bits per heavy atom. The zero-order chi connectivity index (χ0) is 22.7. The first-order chi connectivity index (χ1) is 15.5. The van der Waals surface area contributed by atoms with E-state index in [1.165, 1.54) is 11.2 Å². The van der Waals surface area contributed by atoms with Crippen molar-refractivity contribution in [1.29, 1.82) is 0 Å². The van der Waals surface area contributed by atoms with E-state index >= 15 is 0 Å². The number of fused-ring (bicyclic) bond motifs is 1. The predicted octanol–water partition coefficient (Wildman–Crippen LogP) is 4.99. The first-order valence-electron chi connectivity index (χ1n) is 10.5. The standard InChI is InChI=1S/C24H26FN5OS/c1-5-18(11-23-29-16(3)17(4)32-23)10-19(15(2)25)24-20-13-26-22(12-21(20)27-14-28-24)30-6-8-31-9-7-30/h5,10,12-14H,2,6-9,11H2,1,3-4H3/b18-5+,19-10+. The Bertz CT molecular complexity index is 1190. The lowest BCUT2D eigenvalue weighted by atomic mass is 10.0. The van der Waals surface area contributed by atoms with Crippen LogP contribution in [0.3, 0.4) is 0 Å². The molecule has 0 radical (unpaired) electrons. The van der Waals surface area contributed by atoms with E-state index in [2.05, 4.69) is 38.3 Å². The smallest absolute Gasteiger partial charge is 0.130 e. The molecule has 0 aromatic carbocycles. The summed E-state index contributed by atoms with van der Waals surface area (Å²) in [6, 6.07) is 1.92. The Hall–Kier alpha value is -2.97. The normalized spacial score (nSPS) is 15.4. The molecule has 4 rings (SSSR count). The number of aryl methyl sites for hydroxylation is 2. The monoisotopic (exact) mass is 451 g/mol. The van der Waals surface area contributed by atoms with Gasteiger partial charge in [0, 0.05) is 47.6 Å². The van der Waals surface area contributed by atoms with Crippen molar-refractivity contribution in [2.75, 3.05) is 31.2 Å². The number of morpholine rings is 1. The SMILES string of the molecule is C=C(F)/C(=C\C(=C/C)Cc1nc(C)c(C)s1)c1ncnc2cc(N3CCOCC3)ncc12. The highest BCUT2D eigenvalue weighted by molar-refractivity contribution is 7.11. The van der Waals surface area contributed by atoms with Crippen molar-refractivity contribution < 1.29 is 9.13 Å². The van der Waals surface area contributed by atoms with Gasteiger partial charge in [-0.15, -0.1) is 11.3 Å². The fourth-order valence-corrected chi connectivity index (χ4v) is 4.58. The van der Waals surface area contributed by atoms with Gasteiger partial charge in [0.2, 0.25) is 0 Å². The van der Waals surface area contributed by atoms with Gasteiger partial charge in [0.25, 0.3) is 0 Å². The Balaban J connectivity index is 1.70. The average Bonchev–Trinajstić information content (AvgIpc) is 3.12. The van der Waals surface area contributed by atoms with E-state index in [1.807, 2.05) is 26.0 Å². The quantitative estimate of drug-likeness (QED) is 0.492. The van der Waals surface area contributed by atoms with E-state index < -0.39 is 5.83 Å². The summed E-state index contributed by atoms with van der Waals surface area (Å²) in [4.78, 5) is 21.4. The lowest BCUT2D eigenvalue weighted by molar-refractivity contribution is 0.122. The van der Waals surface area contributed by atoms with E-state index in [-0.39, 0.29) is 0 Å². The van der Waals surface area contributed by atoms with Gasteiger partial charge >= 0.3 is 0 Å². The predicted molar refractivity (Wildman–Crippen MR) is 128 cm³/mol. The van der Waals surface area contributed by atoms with Crippen LogP contribution in [0.2, 0.25) is 0 Å². The molecule has 4 heterocycles. The summed E-state index contributed by atoms with van der Waals surface area (Å²) >= 11 is 1.66. The maximum atomic E-state index is 14.6.